The van der Waals surface area contributed by atoms with Crippen LogP contribution in [0.3, 0.4) is 0 Å². The average Bonchev–Trinajstić information content (AvgIpc) is 2.56. The summed E-state index contributed by atoms with van der Waals surface area (Å²) < 4.78 is 38.3. The molecule has 0 atom stereocenters. The molecule has 1 heterocycles. The number of nitrogens with zero attached hydrogens (tertiary/aromatic N) is 1. The summed E-state index contributed by atoms with van der Waals surface area (Å²) in [5.74, 6) is 0. The lowest BCUT2D eigenvalue weighted by atomic mass is 10.0. The summed E-state index contributed by atoms with van der Waals surface area (Å²) in [6, 6.07) is 19.6. The smallest absolute Gasteiger partial charge is 0.355 e. The minimum Gasteiger partial charge on any atom is -0.355 e. The van der Waals surface area contributed by atoms with Gasteiger partial charge in [-0.05, 0) is 23.8 Å². The molecule has 3 aromatic rings. The lowest BCUT2D eigenvalue weighted by Crippen LogP contribution is -2.08. The summed E-state index contributed by atoms with van der Waals surface area (Å²) >= 11 is 0. The average molecular weight is 314 g/mol. The van der Waals surface area contributed by atoms with Gasteiger partial charge < -0.3 is 5.32 Å². The van der Waals surface area contributed by atoms with Crippen LogP contribution in [-0.4, -0.2) is 4.98 Å². The second-order valence-corrected chi connectivity index (χ2v) is 4.96. The Bertz CT molecular complexity index is 799. The van der Waals surface area contributed by atoms with Crippen LogP contribution in [0.1, 0.15) is 5.69 Å². The third kappa shape index (κ3) is 3.51. The van der Waals surface area contributed by atoms with Crippen LogP contribution < -0.4 is 5.32 Å². The van der Waals surface area contributed by atoms with Crippen molar-refractivity contribution in [2.75, 3.05) is 5.32 Å². The van der Waals surface area contributed by atoms with Crippen molar-refractivity contribution in [1.29, 1.82) is 0 Å². The van der Waals surface area contributed by atoms with E-state index in [9.17, 15) is 13.2 Å². The molecule has 1 N–H and O–H groups in total. The summed E-state index contributed by atoms with van der Waals surface area (Å²) in [6.07, 6.45) is -3.31. The molecule has 0 radical (unpaired) electrons. The summed E-state index contributed by atoms with van der Waals surface area (Å²) in [5, 5.41) is 3.04. The van der Waals surface area contributed by atoms with Gasteiger partial charge in [0.25, 0.3) is 0 Å². The van der Waals surface area contributed by atoms with Gasteiger partial charge in [0, 0.05) is 23.1 Å². The maximum Gasteiger partial charge on any atom is 0.433 e. The quantitative estimate of drug-likeness (QED) is 0.689. The number of nitrogens with one attached hydrogen (secondary N) is 1. The molecule has 0 saturated carbocycles. The highest BCUT2D eigenvalue weighted by atomic mass is 19.4. The number of rotatable bonds is 3. The maximum atomic E-state index is 12.8. The molecule has 2 nitrogen and oxygen atoms in total. The zero-order valence-corrected chi connectivity index (χ0v) is 12.0. The number of halogens is 3. The highest BCUT2D eigenvalue weighted by Gasteiger charge is 2.32. The van der Waals surface area contributed by atoms with Gasteiger partial charge in [-0.15, -0.1) is 0 Å². The second-order valence-electron chi connectivity index (χ2n) is 4.96. The number of pyridine rings is 1. The molecule has 3 rings (SSSR count). The van der Waals surface area contributed by atoms with Crippen molar-refractivity contribution in [3.8, 4) is 11.1 Å². The van der Waals surface area contributed by atoms with Crippen LogP contribution in [0.2, 0.25) is 0 Å². The number of alkyl halides is 3. The van der Waals surface area contributed by atoms with E-state index < -0.39 is 11.9 Å². The third-order valence-electron chi connectivity index (χ3n) is 3.34. The summed E-state index contributed by atoms with van der Waals surface area (Å²) in [4.78, 5) is 3.37. The van der Waals surface area contributed by atoms with Crippen LogP contribution in [0.5, 0.6) is 0 Å². The van der Waals surface area contributed by atoms with E-state index in [0.717, 1.165) is 29.1 Å². The van der Waals surface area contributed by atoms with Gasteiger partial charge in [0.05, 0.1) is 0 Å². The van der Waals surface area contributed by atoms with Crippen LogP contribution in [0.25, 0.3) is 11.1 Å². The predicted octanol–water partition coefficient (Wildman–Crippen LogP) is 5.51. The Labute approximate surface area is 131 Å². The maximum absolute atomic E-state index is 12.8. The summed E-state index contributed by atoms with van der Waals surface area (Å²) in [6.45, 7) is 0. The molecule has 5 heteroatoms. The van der Waals surface area contributed by atoms with Gasteiger partial charge in [-0.2, -0.15) is 13.2 Å². The molecule has 0 aliphatic heterocycles. The first-order valence-corrected chi connectivity index (χ1v) is 6.99. The Hall–Kier alpha value is -2.82. The van der Waals surface area contributed by atoms with Crippen LogP contribution in [0.15, 0.2) is 72.9 Å². The number of benzene rings is 2. The van der Waals surface area contributed by atoms with E-state index in [1.54, 1.807) is 0 Å². The van der Waals surface area contributed by atoms with Gasteiger partial charge >= 0.3 is 6.18 Å². The minimum absolute atomic E-state index is 0.343. The van der Waals surface area contributed by atoms with Crippen molar-refractivity contribution in [2.45, 2.75) is 6.18 Å². The van der Waals surface area contributed by atoms with Crippen molar-refractivity contribution in [1.82, 2.24) is 4.98 Å². The monoisotopic (exact) mass is 314 g/mol. The van der Waals surface area contributed by atoms with Gasteiger partial charge in [-0.3, -0.25) is 4.98 Å². The predicted molar refractivity (Wildman–Crippen MR) is 84.4 cm³/mol. The van der Waals surface area contributed by atoms with Crippen molar-refractivity contribution < 1.29 is 13.2 Å². The second kappa shape index (κ2) is 6.12. The van der Waals surface area contributed by atoms with Gasteiger partial charge in [0.2, 0.25) is 0 Å². The molecule has 0 amide bonds. The van der Waals surface area contributed by atoms with E-state index in [1.165, 1.54) is 6.07 Å². The van der Waals surface area contributed by atoms with E-state index in [2.05, 4.69) is 10.3 Å². The Morgan fingerprint density at radius 2 is 1.52 bits per heavy atom. The molecule has 0 aliphatic rings. The fourth-order valence-corrected chi connectivity index (χ4v) is 2.28. The van der Waals surface area contributed by atoms with Crippen molar-refractivity contribution >= 4 is 11.4 Å². The van der Waals surface area contributed by atoms with Crippen LogP contribution in [0.4, 0.5) is 24.5 Å². The van der Waals surface area contributed by atoms with Crippen LogP contribution in [-0.2, 0) is 6.18 Å². The van der Waals surface area contributed by atoms with Gasteiger partial charge in [0.1, 0.15) is 5.69 Å². The Kier molecular flexibility index (Phi) is 4.02. The minimum atomic E-state index is -4.46. The molecule has 0 spiro atoms. The normalized spacial score (nSPS) is 11.3. The van der Waals surface area contributed by atoms with Crippen molar-refractivity contribution in [3.05, 3.63) is 78.6 Å². The van der Waals surface area contributed by atoms with E-state index in [-0.39, 0.29) is 0 Å². The SMILES string of the molecule is FC(F)(F)c1cc(Nc2ccccc2-c2ccccc2)ccn1. The molecule has 0 unspecified atom stereocenters. The fourth-order valence-electron chi connectivity index (χ4n) is 2.28. The topological polar surface area (TPSA) is 24.9 Å². The van der Waals surface area contributed by atoms with Gasteiger partial charge in [-0.25, -0.2) is 0 Å². The molecule has 2 aromatic carbocycles. The summed E-state index contributed by atoms with van der Waals surface area (Å²) in [7, 11) is 0. The number of para-hydroxylation sites is 1. The highest BCUT2D eigenvalue weighted by Crippen LogP contribution is 2.32. The van der Waals surface area contributed by atoms with Crippen molar-refractivity contribution in [2.24, 2.45) is 0 Å². The summed E-state index contributed by atoms with van der Waals surface area (Å²) in [5.41, 5.74) is 2.06. The van der Waals surface area contributed by atoms with Crippen LogP contribution >= 0.6 is 0 Å². The van der Waals surface area contributed by atoms with Crippen LogP contribution in [0, 0.1) is 0 Å². The van der Waals surface area contributed by atoms with Gasteiger partial charge in [0.15, 0.2) is 0 Å². The molecule has 0 bridgehead atoms. The first-order valence-electron chi connectivity index (χ1n) is 6.99. The van der Waals surface area contributed by atoms with Crippen molar-refractivity contribution in [3.63, 3.8) is 0 Å². The zero-order chi connectivity index (χ0) is 16.3. The first kappa shape index (κ1) is 15.1. The number of aromatic nitrogens is 1. The molecule has 1 aromatic heterocycles. The fraction of sp³-hybridized carbons (Fsp3) is 0.0556. The Morgan fingerprint density at radius 3 is 2.26 bits per heavy atom. The van der Waals surface area contributed by atoms with E-state index in [0.29, 0.717) is 5.69 Å². The van der Waals surface area contributed by atoms with E-state index >= 15 is 0 Å². The van der Waals surface area contributed by atoms with E-state index in [1.807, 2.05) is 54.6 Å². The molecule has 0 fully saturated rings. The lowest BCUT2D eigenvalue weighted by molar-refractivity contribution is -0.141. The number of anilines is 2. The molecule has 23 heavy (non-hydrogen) atoms. The Morgan fingerprint density at radius 1 is 0.826 bits per heavy atom. The van der Waals surface area contributed by atoms with E-state index in [4.69, 9.17) is 0 Å². The Balaban J connectivity index is 1.96. The molecule has 116 valence electrons. The highest BCUT2D eigenvalue weighted by molar-refractivity contribution is 5.80. The molecule has 0 aliphatic carbocycles. The van der Waals surface area contributed by atoms with Gasteiger partial charge in [-0.1, -0.05) is 48.5 Å². The largest absolute Gasteiger partial charge is 0.433 e. The zero-order valence-electron chi connectivity index (χ0n) is 12.0. The lowest BCUT2D eigenvalue weighted by Gasteiger charge is -2.13. The third-order valence-corrected chi connectivity index (χ3v) is 3.34. The molecular formula is C18H13F3N2. The number of hydrogen-bond acceptors (Lipinski definition) is 2. The molecule has 0 saturated heterocycles. The number of hydrogen-bond donors (Lipinski definition) is 1. The first-order chi connectivity index (χ1) is 11.0. The standard InChI is InChI=1S/C18H13F3N2/c19-18(20,21)17-12-14(10-11-22-17)23-16-9-5-4-8-15(16)13-6-2-1-3-7-13/h1-12H,(H,22,23). The molecular weight excluding hydrogens is 301 g/mol.